The van der Waals surface area contributed by atoms with Gasteiger partial charge < -0.3 is 10.1 Å². The zero-order valence-corrected chi connectivity index (χ0v) is 8.73. The molecule has 0 heterocycles. The third-order valence-electron chi connectivity index (χ3n) is 1.87. The lowest BCUT2D eigenvalue weighted by atomic mass is 10.1. The maximum Gasteiger partial charge on any atom is 0.0587 e. The van der Waals surface area contributed by atoms with Crippen LogP contribution >= 0.6 is 0 Å². The van der Waals surface area contributed by atoms with E-state index < -0.39 is 0 Å². The largest absolute Gasteiger partial charge is 0.383 e. The van der Waals surface area contributed by atoms with Gasteiger partial charge in [0, 0.05) is 13.7 Å². The van der Waals surface area contributed by atoms with E-state index in [0.717, 1.165) is 25.6 Å². The van der Waals surface area contributed by atoms with Gasteiger partial charge in [0.1, 0.15) is 0 Å². The molecule has 0 atom stereocenters. The molecule has 0 aromatic heterocycles. The molecule has 1 N–H and O–H groups in total. The number of methoxy groups -OCH3 is 1. The summed E-state index contributed by atoms with van der Waals surface area (Å²) >= 11 is 0. The molecule has 0 fully saturated rings. The first-order chi connectivity index (χ1) is 5.77. The fourth-order valence-corrected chi connectivity index (χ4v) is 1.10. The van der Waals surface area contributed by atoms with Crippen LogP contribution in [0.15, 0.2) is 0 Å². The van der Waals surface area contributed by atoms with Gasteiger partial charge >= 0.3 is 0 Å². The van der Waals surface area contributed by atoms with Gasteiger partial charge in [-0.25, -0.2) is 0 Å². The highest BCUT2D eigenvalue weighted by Crippen LogP contribution is 2.04. The molecule has 0 aromatic carbocycles. The Labute approximate surface area is 76.7 Å². The molecule has 12 heavy (non-hydrogen) atoms. The summed E-state index contributed by atoms with van der Waals surface area (Å²) in [7, 11) is 1.74. The van der Waals surface area contributed by atoms with Gasteiger partial charge in [-0.15, -0.1) is 0 Å². The summed E-state index contributed by atoms with van der Waals surface area (Å²) in [6.45, 7) is 7.50. The molecule has 2 nitrogen and oxygen atoms in total. The summed E-state index contributed by atoms with van der Waals surface area (Å²) in [5.74, 6) is 0.851. The van der Waals surface area contributed by atoms with E-state index in [1.165, 1.54) is 19.3 Å². The molecule has 0 bridgehead atoms. The topological polar surface area (TPSA) is 21.3 Å². The predicted octanol–water partition coefficient (Wildman–Crippen LogP) is 2.05. The first kappa shape index (κ1) is 11.9. The van der Waals surface area contributed by atoms with Crippen molar-refractivity contribution < 1.29 is 4.74 Å². The van der Waals surface area contributed by atoms with Crippen LogP contribution < -0.4 is 5.32 Å². The van der Waals surface area contributed by atoms with Crippen LogP contribution in [0.3, 0.4) is 0 Å². The van der Waals surface area contributed by atoms with Gasteiger partial charge in [-0.2, -0.15) is 0 Å². The standard InChI is InChI=1S/C10H23NO/c1-10(2)6-4-5-7-11-8-9-12-3/h10-11H,4-9H2,1-3H3. The maximum absolute atomic E-state index is 4.92. The van der Waals surface area contributed by atoms with Crippen LogP contribution in [-0.4, -0.2) is 26.8 Å². The van der Waals surface area contributed by atoms with E-state index >= 15 is 0 Å². The summed E-state index contributed by atoms with van der Waals surface area (Å²) in [5.41, 5.74) is 0. The van der Waals surface area contributed by atoms with Gasteiger partial charge in [-0.3, -0.25) is 0 Å². The van der Waals surface area contributed by atoms with E-state index in [0.29, 0.717) is 0 Å². The molecule has 0 amide bonds. The van der Waals surface area contributed by atoms with Gasteiger partial charge in [-0.1, -0.05) is 26.7 Å². The number of unbranched alkanes of at least 4 members (excludes halogenated alkanes) is 1. The van der Waals surface area contributed by atoms with Gasteiger partial charge in [-0.05, 0) is 18.9 Å². The lowest BCUT2D eigenvalue weighted by Gasteiger charge is -2.05. The molecule has 74 valence electrons. The Morgan fingerprint density at radius 1 is 1.17 bits per heavy atom. The van der Waals surface area contributed by atoms with Crippen molar-refractivity contribution in [2.24, 2.45) is 5.92 Å². The Morgan fingerprint density at radius 2 is 1.92 bits per heavy atom. The van der Waals surface area contributed by atoms with Gasteiger partial charge in [0.2, 0.25) is 0 Å². The summed E-state index contributed by atoms with van der Waals surface area (Å²) in [6, 6.07) is 0. The molecule has 0 aliphatic heterocycles. The molecule has 0 unspecified atom stereocenters. The van der Waals surface area contributed by atoms with E-state index in [-0.39, 0.29) is 0 Å². The fourth-order valence-electron chi connectivity index (χ4n) is 1.10. The Hall–Kier alpha value is -0.0800. The molecule has 0 rings (SSSR count). The van der Waals surface area contributed by atoms with E-state index in [9.17, 15) is 0 Å². The third kappa shape index (κ3) is 9.92. The summed E-state index contributed by atoms with van der Waals surface area (Å²) in [5, 5.41) is 3.34. The minimum absolute atomic E-state index is 0.824. The smallest absolute Gasteiger partial charge is 0.0587 e. The zero-order valence-electron chi connectivity index (χ0n) is 8.73. The van der Waals surface area contributed by atoms with Crippen LogP contribution in [0.4, 0.5) is 0 Å². The Balaban J connectivity index is 2.82. The Bertz CT molecular complexity index is 83.9. The number of ether oxygens (including phenoxy) is 1. The molecule has 0 spiro atoms. The second-order valence-electron chi connectivity index (χ2n) is 3.63. The van der Waals surface area contributed by atoms with Gasteiger partial charge in [0.15, 0.2) is 0 Å². The molecular weight excluding hydrogens is 150 g/mol. The molecule has 0 saturated carbocycles. The molecule has 0 aromatic rings. The quantitative estimate of drug-likeness (QED) is 0.567. The third-order valence-corrected chi connectivity index (χ3v) is 1.87. The van der Waals surface area contributed by atoms with Gasteiger partial charge in [0.25, 0.3) is 0 Å². The van der Waals surface area contributed by atoms with Crippen molar-refractivity contribution in [3.05, 3.63) is 0 Å². The van der Waals surface area contributed by atoms with Crippen molar-refractivity contribution >= 4 is 0 Å². The van der Waals surface area contributed by atoms with Crippen molar-refractivity contribution in [1.82, 2.24) is 5.32 Å². The minimum atomic E-state index is 0.824. The highest BCUT2D eigenvalue weighted by Gasteiger charge is 1.93. The minimum Gasteiger partial charge on any atom is -0.383 e. The molecule has 0 saturated heterocycles. The molecular formula is C10H23NO. The molecule has 0 aliphatic rings. The normalized spacial score (nSPS) is 11.0. The molecule has 0 aliphatic carbocycles. The zero-order chi connectivity index (χ0) is 9.23. The van der Waals surface area contributed by atoms with Crippen LogP contribution in [0.25, 0.3) is 0 Å². The monoisotopic (exact) mass is 173 g/mol. The summed E-state index contributed by atoms with van der Waals surface area (Å²) in [6.07, 6.45) is 3.99. The SMILES string of the molecule is COCCNCCCCC(C)C. The van der Waals surface area contributed by atoms with E-state index in [1.807, 2.05) is 0 Å². The Kier molecular flexibility index (Phi) is 8.95. The lowest BCUT2D eigenvalue weighted by Crippen LogP contribution is -2.20. The Morgan fingerprint density at radius 3 is 2.50 bits per heavy atom. The summed E-state index contributed by atoms with van der Waals surface area (Å²) < 4.78 is 4.92. The molecule has 0 radical (unpaired) electrons. The second kappa shape index (κ2) is 9.01. The lowest BCUT2D eigenvalue weighted by molar-refractivity contribution is 0.199. The van der Waals surface area contributed by atoms with E-state index in [1.54, 1.807) is 7.11 Å². The van der Waals surface area contributed by atoms with Crippen molar-refractivity contribution in [2.45, 2.75) is 33.1 Å². The maximum atomic E-state index is 4.92. The second-order valence-corrected chi connectivity index (χ2v) is 3.63. The molecule has 2 heteroatoms. The van der Waals surface area contributed by atoms with Crippen LogP contribution in [0.2, 0.25) is 0 Å². The van der Waals surface area contributed by atoms with Crippen molar-refractivity contribution in [3.8, 4) is 0 Å². The summed E-state index contributed by atoms with van der Waals surface area (Å²) in [4.78, 5) is 0. The average molecular weight is 173 g/mol. The van der Waals surface area contributed by atoms with E-state index in [4.69, 9.17) is 4.74 Å². The first-order valence-electron chi connectivity index (χ1n) is 4.97. The van der Waals surface area contributed by atoms with Crippen LogP contribution in [0, 0.1) is 5.92 Å². The fraction of sp³-hybridized carbons (Fsp3) is 1.00. The van der Waals surface area contributed by atoms with Crippen LogP contribution in [0.1, 0.15) is 33.1 Å². The highest BCUT2D eigenvalue weighted by atomic mass is 16.5. The van der Waals surface area contributed by atoms with Crippen molar-refractivity contribution in [2.75, 3.05) is 26.8 Å². The highest BCUT2D eigenvalue weighted by molar-refractivity contribution is 4.50. The first-order valence-corrected chi connectivity index (χ1v) is 4.97. The van der Waals surface area contributed by atoms with Crippen LogP contribution in [-0.2, 0) is 4.74 Å². The number of hydrogen-bond acceptors (Lipinski definition) is 2. The van der Waals surface area contributed by atoms with Crippen LogP contribution in [0.5, 0.6) is 0 Å². The van der Waals surface area contributed by atoms with Gasteiger partial charge in [0.05, 0.1) is 6.61 Å². The average Bonchev–Trinajstić information content (AvgIpc) is 2.02. The number of hydrogen-bond donors (Lipinski definition) is 1. The predicted molar refractivity (Wildman–Crippen MR) is 53.4 cm³/mol. The van der Waals surface area contributed by atoms with Crippen molar-refractivity contribution in [1.29, 1.82) is 0 Å². The van der Waals surface area contributed by atoms with E-state index in [2.05, 4.69) is 19.2 Å². The van der Waals surface area contributed by atoms with Crippen molar-refractivity contribution in [3.63, 3.8) is 0 Å². The number of rotatable bonds is 8. The number of nitrogens with one attached hydrogen (secondary N) is 1.